The molecule has 9 heteroatoms. The van der Waals surface area contributed by atoms with Gasteiger partial charge in [-0.1, -0.05) is 11.6 Å². The van der Waals surface area contributed by atoms with Gasteiger partial charge in [0.25, 0.3) is 5.91 Å². The Bertz CT molecular complexity index is 1030. The summed E-state index contributed by atoms with van der Waals surface area (Å²) in [6, 6.07) is 6.78. The summed E-state index contributed by atoms with van der Waals surface area (Å²) in [4.78, 5) is 28.6. The largest absolute Gasteiger partial charge is 0.302 e. The molecule has 0 bridgehead atoms. The zero-order valence-corrected chi connectivity index (χ0v) is 13.7. The molecule has 2 aromatic heterocycles. The minimum absolute atomic E-state index is 0.0251. The Kier molecular flexibility index (Phi) is 4.53. The third kappa shape index (κ3) is 3.38. The Morgan fingerprint density at radius 3 is 2.64 bits per heavy atom. The standard InChI is InChI=1S/C16H11ClFN5O2/c1-9-14(21-20-11-2-3-13(18)12(17)8-11)16(25)23(22-9)15(24)10-4-6-19-7-5-10/h2-8,22H,1H3. The molecule has 0 amide bonds. The topological polar surface area (TPSA) is 92.5 Å². The molecule has 3 aromatic rings. The van der Waals surface area contributed by atoms with E-state index in [0.29, 0.717) is 11.3 Å². The normalized spacial score (nSPS) is 11.2. The maximum Gasteiger partial charge on any atom is 0.302 e. The lowest BCUT2D eigenvalue weighted by molar-refractivity contribution is 0.0941. The highest BCUT2D eigenvalue weighted by atomic mass is 35.5. The third-order valence-corrected chi connectivity index (χ3v) is 3.63. The molecule has 0 saturated carbocycles. The van der Waals surface area contributed by atoms with Crippen molar-refractivity contribution in [1.29, 1.82) is 0 Å². The van der Waals surface area contributed by atoms with Crippen LogP contribution in [0, 0.1) is 12.7 Å². The van der Waals surface area contributed by atoms with Gasteiger partial charge in [-0.2, -0.15) is 9.80 Å². The number of carbonyl (C=O) groups is 1. The number of nitrogens with zero attached hydrogens (tertiary/aromatic N) is 4. The maximum absolute atomic E-state index is 13.1. The molecule has 126 valence electrons. The Morgan fingerprint density at radius 2 is 1.96 bits per heavy atom. The molecule has 0 aliphatic carbocycles. The Labute approximate surface area is 145 Å². The fraction of sp³-hybridized carbons (Fsp3) is 0.0625. The molecular weight excluding hydrogens is 349 g/mol. The van der Waals surface area contributed by atoms with Crippen molar-refractivity contribution < 1.29 is 9.18 Å². The van der Waals surface area contributed by atoms with Crippen molar-refractivity contribution >= 4 is 28.9 Å². The number of benzene rings is 1. The van der Waals surface area contributed by atoms with E-state index in [2.05, 4.69) is 20.3 Å². The van der Waals surface area contributed by atoms with Crippen molar-refractivity contribution in [3.63, 3.8) is 0 Å². The minimum atomic E-state index is -0.642. The molecule has 0 aliphatic heterocycles. The Hall–Kier alpha value is -3.13. The summed E-state index contributed by atoms with van der Waals surface area (Å²) in [6.07, 6.45) is 2.90. The lowest BCUT2D eigenvalue weighted by Crippen LogP contribution is -2.25. The minimum Gasteiger partial charge on any atom is -0.290 e. The lowest BCUT2D eigenvalue weighted by atomic mass is 10.2. The van der Waals surface area contributed by atoms with Crippen LogP contribution in [0.1, 0.15) is 16.1 Å². The first kappa shape index (κ1) is 16.7. The van der Waals surface area contributed by atoms with Crippen LogP contribution in [0.25, 0.3) is 0 Å². The van der Waals surface area contributed by atoms with Crippen LogP contribution in [0.15, 0.2) is 57.7 Å². The van der Waals surface area contributed by atoms with E-state index in [1.54, 1.807) is 6.92 Å². The first-order valence-electron chi connectivity index (χ1n) is 7.10. The van der Waals surface area contributed by atoms with E-state index in [1.165, 1.54) is 36.7 Å². The van der Waals surface area contributed by atoms with E-state index >= 15 is 0 Å². The zero-order valence-electron chi connectivity index (χ0n) is 12.9. The smallest absolute Gasteiger partial charge is 0.290 e. The highest BCUT2D eigenvalue weighted by Gasteiger charge is 2.17. The number of hydrogen-bond acceptors (Lipinski definition) is 5. The summed E-state index contributed by atoms with van der Waals surface area (Å²) in [6.45, 7) is 1.59. The summed E-state index contributed by atoms with van der Waals surface area (Å²) < 4.78 is 14.0. The number of rotatable bonds is 3. The number of aromatic nitrogens is 3. The molecule has 7 nitrogen and oxygen atoms in total. The number of hydrogen-bond donors (Lipinski definition) is 1. The van der Waals surface area contributed by atoms with Gasteiger partial charge in [-0.3, -0.25) is 19.7 Å². The predicted octanol–water partition coefficient (Wildman–Crippen LogP) is 3.78. The molecule has 1 N–H and O–H groups in total. The van der Waals surface area contributed by atoms with Crippen LogP contribution in [0.4, 0.5) is 15.8 Å². The molecule has 0 radical (unpaired) electrons. The molecule has 1 aromatic carbocycles. The van der Waals surface area contributed by atoms with Gasteiger partial charge >= 0.3 is 5.56 Å². The fourth-order valence-corrected chi connectivity index (χ4v) is 2.25. The first-order valence-corrected chi connectivity index (χ1v) is 7.48. The van der Waals surface area contributed by atoms with Crippen LogP contribution in [0.3, 0.4) is 0 Å². The second-order valence-electron chi connectivity index (χ2n) is 5.07. The van der Waals surface area contributed by atoms with E-state index in [1.807, 2.05) is 0 Å². The molecule has 0 unspecified atom stereocenters. The Balaban J connectivity index is 1.95. The van der Waals surface area contributed by atoms with Gasteiger partial charge in [-0.05, 0) is 37.3 Å². The molecule has 0 spiro atoms. The summed E-state index contributed by atoms with van der Waals surface area (Å²) in [5, 5.41) is 10.3. The third-order valence-electron chi connectivity index (χ3n) is 3.34. The van der Waals surface area contributed by atoms with Gasteiger partial charge < -0.3 is 0 Å². The summed E-state index contributed by atoms with van der Waals surface area (Å²) in [5.74, 6) is -1.12. The van der Waals surface area contributed by atoms with Gasteiger partial charge in [0.1, 0.15) is 5.82 Å². The van der Waals surface area contributed by atoms with Gasteiger partial charge in [0, 0.05) is 18.0 Å². The van der Waals surface area contributed by atoms with Crippen LogP contribution < -0.4 is 5.56 Å². The van der Waals surface area contributed by atoms with E-state index in [4.69, 9.17) is 11.6 Å². The van der Waals surface area contributed by atoms with E-state index in [0.717, 1.165) is 10.7 Å². The predicted molar refractivity (Wildman–Crippen MR) is 89.3 cm³/mol. The van der Waals surface area contributed by atoms with Crippen LogP contribution in [0.5, 0.6) is 0 Å². The average Bonchev–Trinajstić information content (AvgIpc) is 2.90. The summed E-state index contributed by atoms with van der Waals surface area (Å²) in [5.41, 5.74) is 0.272. The van der Waals surface area contributed by atoms with Crippen LogP contribution >= 0.6 is 11.6 Å². The van der Waals surface area contributed by atoms with E-state index in [-0.39, 0.29) is 16.4 Å². The van der Waals surface area contributed by atoms with Gasteiger partial charge in [0.05, 0.1) is 16.4 Å². The van der Waals surface area contributed by atoms with Crippen LogP contribution in [-0.4, -0.2) is 20.7 Å². The number of pyridine rings is 1. The monoisotopic (exact) mass is 359 g/mol. The molecule has 2 heterocycles. The van der Waals surface area contributed by atoms with Crippen molar-refractivity contribution in [2.75, 3.05) is 0 Å². The number of carbonyl (C=O) groups excluding carboxylic acids is 1. The first-order chi connectivity index (χ1) is 12.0. The molecule has 25 heavy (non-hydrogen) atoms. The van der Waals surface area contributed by atoms with Crippen molar-refractivity contribution in [3.8, 4) is 0 Å². The quantitative estimate of drug-likeness (QED) is 0.721. The zero-order chi connectivity index (χ0) is 18.0. The number of aromatic amines is 1. The second-order valence-corrected chi connectivity index (χ2v) is 5.47. The summed E-state index contributed by atoms with van der Waals surface area (Å²) in [7, 11) is 0. The molecule has 0 saturated heterocycles. The van der Waals surface area contributed by atoms with Crippen LogP contribution in [-0.2, 0) is 0 Å². The van der Waals surface area contributed by atoms with E-state index in [9.17, 15) is 14.0 Å². The molecular formula is C16H11ClFN5O2. The number of H-pyrrole nitrogens is 1. The summed E-state index contributed by atoms with van der Waals surface area (Å²) >= 11 is 5.67. The van der Waals surface area contributed by atoms with E-state index < -0.39 is 17.3 Å². The molecule has 0 aliphatic rings. The molecule has 0 atom stereocenters. The number of nitrogens with one attached hydrogen (secondary N) is 1. The molecule has 0 fully saturated rings. The number of azo groups is 1. The average molecular weight is 360 g/mol. The van der Waals surface area contributed by atoms with Crippen molar-refractivity contribution in [3.05, 3.63) is 75.2 Å². The lowest BCUT2D eigenvalue weighted by Gasteiger charge is -1.99. The highest BCUT2D eigenvalue weighted by Crippen LogP contribution is 2.23. The SMILES string of the molecule is Cc1[nH]n(C(=O)c2ccncc2)c(=O)c1N=Nc1ccc(F)c(Cl)c1. The van der Waals surface area contributed by atoms with Gasteiger partial charge in [-0.25, -0.2) is 4.39 Å². The highest BCUT2D eigenvalue weighted by molar-refractivity contribution is 6.31. The van der Waals surface area contributed by atoms with Crippen molar-refractivity contribution in [2.24, 2.45) is 10.2 Å². The second kappa shape index (κ2) is 6.78. The fourth-order valence-electron chi connectivity index (χ4n) is 2.08. The van der Waals surface area contributed by atoms with Gasteiger partial charge in [0.15, 0.2) is 5.69 Å². The van der Waals surface area contributed by atoms with Crippen LogP contribution in [0.2, 0.25) is 5.02 Å². The number of aryl methyl sites for hydroxylation is 1. The van der Waals surface area contributed by atoms with Gasteiger partial charge in [0.2, 0.25) is 0 Å². The van der Waals surface area contributed by atoms with Gasteiger partial charge in [-0.15, -0.1) is 5.11 Å². The van der Waals surface area contributed by atoms with Crippen molar-refractivity contribution in [2.45, 2.75) is 6.92 Å². The number of halogens is 2. The Morgan fingerprint density at radius 1 is 1.24 bits per heavy atom. The molecule has 3 rings (SSSR count). The maximum atomic E-state index is 13.1. The van der Waals surface area contributed by atoms with Crippen molar-refractivity contribution in [1.82, 2.24) is 14.8 Å².